The summed E-state index contributed by atoms with van der Waals surface area (Å²) in [5.74, 6) is -0.209. The van der Waals surface area contributed by atoms with Gasteiger partial charge in [-0.3, -0.25) is 4.79 Å². The summed E-state index contributed by atoms with van der Waals surface area (Å²) < 4.78 is 11.0. The van der Waals surface area contributed by atoms with Gasteiger partial charge in [-0.25, -0.2) is 0 Å². The van der Waals surface area contributed by atoms with Crippen molar-refractivity contribution < 1.29 is 19.4 Å². The maximum Gasteiger partial charge on any atom is 0.306 e. The highest BCUT2D eigenvalue weighted by molar-refractivity contribution is 5.69. The van der Waals surface area contributed by atoms with Crippen LogP contribution in [0.3, 0.4) is 0 Å². The van der Waals surface area contributed by atoms with E-state index >= 15 is 0 Å². The van der Waals surface area contributed by atoms with Gasteiger partial charge in [0, 0.05) is 13.0 Å². The Morgan fingerprint density at radius 1 is 0.488 bits per heavy atom. The molecule has 0 radical (unpaired) electrons. The lowest BCUT2D eigenvalue weighted by atomic mass is 10.0. The highest BCUT2D eigenvalue weighted by atomic mass is 16.6. The normalized spacial score (nSPS) is 12.2. The summed E-state index contributed by atoms with van der Waals surface area (Å²) in [7, 11) is 0. The molecular weight excluding hydrogens is 508 g/mol. The first kappa shape index (κ1) is 40.4. The van der Waals surface area contributed by atoms with Crippen LogP contribution >= 0.6 is 0 Å². The zero-order chi connectivity index (χ0) is 29.9. The van der Waals surface area contributed by atoms with Gasteiger partial charge in [-0.15, -0.1) is 0 Å². The SMILES string of the molecule is CCCCCCCCCCCCCCCCCCCCCCCCCCOCC(CO)OC(=O)CCCCCCC. The number of aliphatic hydroxyl groups is 1. The third-order valence-corrected chi connectivity index (χ3v) is 8.43. The summed E-state index contributed by atoms with van der Waals surface area (Å²) in [6, 6.07) is 0. The third-order valence-electron chi connectivity index (χ3n) is 8.43. The van der Waals surface area contributed by atoms with Gasteiger partial charge in [0.1, 0.15) is 6.10 Å². The van der Waals surface area contributed by atoms with Crippen LogP contribution in [0.4, 0.5) is 0 Å². The van der Waals surface area contributed by atoms with Crippen molar-refractivity contribution in [3.8, 4) is 0 Å². The summed E-state index contributed by atoms with van der Waals surface area (Å²) >= 11 is 0. The zero-order valence-corrected chi connectivity index (χ0v) is 28.1. The Morgan fingerprint density at radius 3 is 1.15 bits per heavy atom. The number of aliphatic hydroxyl groups excluding tert-OH is 1. The number of carbonyl (C=O) groups excluding carboxylic acids is 1. The van der Waals surface area contributed by atoms with E-state index in [1.54, 1.807) is 0 Å². The molecule has 0 saturated carbocycles. The van der Waals surface area contributed by atoms with Gasteiger partial charge in [0.15, 0.2) is 0 Å². The van der Waals surface area contributed by atoms with E-state index < -0.39 is 6.10 Å². The van der Waals surface area contributed by atoms with Crippen LogP contribution < -0.4 is 0 Å². The Kier molecular flexibility index (Phi) is 35.1. The fourth-order valence-electron chi connectivity index (χ4n) is 5.62. The average Bonchev–Trinajstić information content (AvgIpc) is 2.98. The molecule has 0 aliphatic carbocycles. The number of rotatable bonds is 35. The van der Waals surface area contributed by atoms with E-state index in [9.17, 15) is 9.90 Å². The van der Waals surface area contributed by atoms with Crippen molar-refractivity contribution in [1.29, 1.82) is 0 Å². The first-order chi connectivity index (χ1) is 20.2. The highest BCUT2D eigenvalue weighted by Crippen LogP contribution is 2.16. The molecule has 1 unspecified atom stereocenters. The predicted octanol–water partition coefficient (Wildman–Crippen LogP) is 11.6. The molecule has 0 heterocycles. The van der Waals surface area contributed by atoms with Crippen LogP contribution in [0.5, 0.6) is 0 Å². The van der Waals surface area contributed by atoms with Crippen LogP contribution in [0.2, 0.25) is 0 Å². The van der Waals surface area contributed by atoms with Crippen molar-refractivity contribution in [3.63, 3.8) is 0 Å². The Labute approximate surface area is 257 Å². The smallest absolute Gasteiger partial charge is 0.306 e. The van der Waals surface area contributed by atoms with E-state index in [1.165, 1.54) is 167 Å². The summed E-state index contributed by atoms with van der Waals surface area (Å²) in [6.45, 7) is 5.30. The Morgan fingerprint density at radius 2 is 0.805 bits per heavy atom. The van der Waals surface area contributed by atoms with Gasteiger partial charge in [-0.2, -0.15) is 0 Å². The maximum atomic E-state index is 11.9. The van der Waals surface area contributed by atoms with Crippen LogP contribution in [0, 0.1) is 0 Å². The second kappa shape index (κ2) is 35.6. The molecule has 0 bridgehead atoms. The molecule has 1 N–H and O–H groups in total. The quantitative estimate of drug-likeness (QED) is 0.0596. The fraction of sp³-hybridized carbons (Fsp3) is 0.973. The molecule has 4 heteroatoms. The Balaban J connectivity index is 3.24. The Hall–Kier alpha value is -0.610. The second-order valence-corrected chi connectivity index (χ2v) is 12.7. The minimum absolute atomic E-state index is 0.166. The lowest BCUT2D eigenvalue weighted by Crippen LogP contribution is -2.27. The van der Waals surface area contributed by atoms with Crippen LogP contribution in [0.25, 0.3) is 0 Å². The van der Waals surface area contributed by atoms with Crippen LogP contribution in [0.15, 0.2) is 0 Å². The van der Waals surface area contributed by atoms with E-state index in [-0.39, 0.29) is 12.6 Å². The number of hydrogen-bond donors (Lipinski definition) is 1. The lowest BCUT2D eigenvalue weighted by Gasteiger charge is -2.15. The molecule has 0 fully saturated rings. The molecule has 0 aromatic rings. The largest absolute Gasteiger partial charge is 0.457 e. The van der Waals surface area contributed by atoms with Crippen molar-refractivity contribution >= 4 is 5.97 Å². The number of esters is 1. The molecule has 0 aliphatic heterocycles. The number of unbranched alkanes of at least 4 members (excludes halogenated alkanes) is 27. The van der Waals surface area contributed by atoms with Crippen LogP contribution in [-0.2, 0) is 14.3 Å². The van der Waals surface area contributed by atoms with Crippen LogP contribution in [0.1, 0.15) is 206 Å². The summed E-state index contributed by atoms with van der Waals surface area (Å²) in [5, 5.41) is 9.45. The lowest BCUT2D eigenvalue weighted by molar-refractivity contribution is -0.154. The predicted molar refractivity (Wildman–Crippen MR) is 178 cm³/mol. The zero-order valence-electron chi connectivity index (χ0n) is 28.1. The average molecular weight is 583 g/mol. The van der Waals surface area contributed by atoms with Gasteiger partial charge in [0.05, 0.1) is 13.2 Å². The number of ether oxygens (including phenoxy) is 2. The van der Waals surface area contributed by atoms with Gasteiger partial charge in [-0.1, -0.05) is 187 Å². The van der Waals surface area contributed by atoms with Gasteiger partial charge in [0.2, 0.25) is 0 Å². The van der Waals surface area contributed by atoms with Crippen molar-refractivity contribution in [3.05, 3.63) is 0 Å². The summed E-state index contributed by atoms with van der Waals surface area (Å²) in [5.41, 5.74) is 0. The molecule has 41 heavy (non-hydrogen) atoms. The van der Waals surface area contributed by atoms with Gasteiger partial charge in [-0.05, 0) is 12.8 Å². The first-order valence-corrected chi connectivity index (χ1v) is 18.6. The van der Waals surface area contributed by atoms with E-state index in [4.69, 9.17) is 9.47 Å². The van der Waals surface area contributed by atoms with Gasteiger partial charge < -0.3 is 14.6 Å². The van der Waals surface area contributed by atoms with Crippen molar-refractivity contribution in [2.24, 2.45) is 0 Å². The van der Waals surface area contributed by atoms with E-state index in [2.05, 4.69) is 13.8 Å². The standard InChI is InChI=1S/C37H74O4/c1-3-5-7-9-10-11-12-13-14-15-16-17-18-19-20-21-22-23-24-25-26-27-29-31-33-40-35-36(34-38)41-37(39)32-30-28-8-6-4-2/h36,38H,3-35H2,1-2H3. The van der Waals surface area contributed by atoms with Crippen molar-refractivity contribution in [1.82, 2.24) is 0 Å². The third kappa shape index (κ3) is 33.8. The van der Waals surface area contributed by atoms with Gasteiger partial charge in [0.25, 0.3) is 0 Å². The minimum atomic E-state index is -0.521. The first-order valence-electron chi connectivity index (χ1n) is 18.6. The molecule has 0 saturated heterocycles. The molecule has 4 nitrogen and oxygen atoms in total. The van der Waals surface area contributed by atoms with E-state index in [0.717, 1.165) is 19.3 Å². The van der Waals surface area contributed by atoms with E-state index in [1.807, 2.05) is 0 Å². The van der Waals surface area contributed by atoms with Crippen molar-refractivity contribution in [2.45, 2.75) is 213 Å². The van der Waals surface area contributed by atoms with Gasteiger partial charge >= 0.3 is 5.97 Å². The molecule has 0 aromatic heterocycles. The molecule has 0 aromatic carbocycles. The minimum Gasteiger partial charge on any atom is -0.457 e. The molecule has 0 spiro atoms. The summed E-state index contributed by atoms with van der Waals surface area (Å²) in [4.78, 5) is 11.9. The molecule has 0 aliphatic rings. The monoisotopic (exact) mass is 583 g/mol. The number of hydrogen-bond acceptors (Lipinski definition) is 4. The number of carbonyl (C=O) groups is 1. The second-order valence-electron chi connectivity index (χ2n) is 12.7. The molecule has 0 rings (SSSR count). The van der Waals surface area contributed by atoms with Crippen molar-refractivity contribution in [2.75, 3.05) is 19.8 Å². The highest BCUT2D eigenvalue weighted by Gasteiger charge is 2.13. The Bertz CT molecular complexity index is 495. The van der Waals surface area contributed by atoms with E-state index in [0.29, 0.717) is 19.6 Å². The summed E-state index contributed by atoms with van der Waals surface area (Å²) in [6.07, 6.45) is 39.0. The molecular formula is C37H74O4. The topological polar surface area (TPSA) is 55.8 Å². The molecule has 1 atom stereocenters. The van der Waals surface area contributed by atoms with Crippen LogP contribution in [-0.4, -0.2) is 37.0 Å². The maximum absolute atomic E-state index is 11.9. The molecule has 0 amide bonds. The molecule has 246 valence electrons. The fourth-order valence-corrected chi connectivity index (χ4v) is 5.62.